The number of nitrogens with one attached hydrogen (secondary N) is 2. The van der Waals surface area contributed by atoms with Crippen molar-refractivity contribution in [3.63, 3.8) is 0 Å². The maximum absolute atomic E-state index is 12.8. The highest BCUT2D eigenvalue weighted by molar-refractivity contribution is 6.00. The van der Waals surface area contributed by atoms with E-state index in [-0.39, 0.29) is 11.7 Å². The first-order valence-corrected chi connectivity index (χ1v) is 8.49. The number of amides is 2. The first kappa shape index (κ1) is 18.3. The Balaban J connectivity index is 1.74. The molecule has 0 spiro atoms. The van der Waals surface area contributed by atoms with E-state index < -0.39 is 11.9 Å². The molecule has 0 unspecified atom stereocenters. The van der Waals surface area contributed by atoms with Gasteiger partial charge >= 0.3 is 0 Å². The topological polar surface area (TPSA) is 80.6 Å². The van der Waals surface area contributed by atoms with Crippen LogP contribution < -0.4 is 15.4 Å². The van der Waals surface area contributed by atoms with Crippen molar-refractivity contribution < 1.29 is 18.7 Å². The van der Waals surface area contributed by atoms with Gasteiger partial charge in [0.1, 0.15) is 11.8 Å². The smallest absolute Gasteiger partial charge is 0.287 e. The van der Waals surface area contributed by atoms with E-state index in [0.717, 1.165) is 5.56 Å². The molecule has 2 amide bonds. The highest BCUT2D eigenvalue weighted by atomic mass is 16.5. The van der Waals surface area contributed by atoms with Gasteiger partial charge in [-0.25, -0.2) is 0 Å². The van der Waals surface area contributed by atoms with Gasteiger partial charge in [0.2, 0.25) is 5.91 Å². The number of anilines is 1. The van der Waals surface area contributed by atoms with E-state index in [0.29, 0.717) is 17.9 Å². The van der Waals surface area contributed by atoms with Gasteiger partial charge in [0, 0.05) is 12.1 Å². The minimum absolute atomic E-state index is 0.158. The summed E-state index contributed by atoms with van der Waals surface area (Å²) < 4.78 is 10.2. The predicted octanol–water partition coefficient (Wildman–Crippen LogP) is 3.27. The van der Waals surface area contributed by atoms with Crippen LogP contribution in [0.1, 0.15) is 16.1 Å². The second-order valence-electron chi connectivity index (χ2n) is 5.91. The van der Waals surface area contributed by atoms with E-state index in [1.54, 1.807) is 43.5 Å². The maximum Gasteiger partial charge on any atom is 0.287 e. The van der Waals surface area contributed by atoms with Gasteiger partial charge in [0.05, 0.1) is 13.4 Å². The van der Waals surface area contributed by atoms with Gasteiger partial charge in [0.25, 0.3) is 5.91 Å². The molecule has 0 saturated heterocycles. The number of benzene rings is 2. The molecule has 2 N–H and O–H groups in total. The molecule has 0 aliphatic heterocycles. The number of hydrogen-bond acceptors (Lipinski definition) is 4. The monoisotopic (exact) mass is 364 g/mol. The summed E-state index contributed by atoms with van der Waals surface area (Å²) in [6.45, 7) is 0. The van der Waals surface area contributed by atoms with E-state index in [4.69, 9.17) is 9.15 Å². The van der Waals surface area contributed by atoms with Crippen LogP contribution in [0.5, 0.6) is 5.75 Å². The van der Waals surface area contributed by atoms with Crippen LogP contribution in [0.15, 0.2) is 77.4 Å². The first-order chi connectivity index (χ1) is 13.2. The van der Waals surface area contributed by atoms with Crippen LogP contribution in [0.3, 0.4) is 0 Å². The molecule has 1 heterocycles. The quantitative estimate of drug-likeness (QED) is 0.674. The zero-order chi connectivity index (χ0) is 19.1. The average molecular weight is 364 g/mol. The van der Waals surface area contributed by atoms with Crippen molar-refractivity contribution in [2.45, 2.75) is 12.5 Å². The summed E-state index contributed by atoms with van der Waals surface area (Å²) in [6.07, 6.45) is 1.77. The Morgan fingerprint density at radius 2 is 1.74 bits per heavy atom. The van der Waals surface area contributed by atoms with Gasteiger partial charge in [-0.05, 0) is 42.0 Å². The van der Waals surface area contributed by atoms with Gasteiger partial charge in [-0.3, -0.25) is 9.59 Å². The number of carbonyl (C=O) groups is 2. The van der Waals surface area contributed by atoms with Crippen molar-refractivity contribution in [1.29, 1.82) is 0 Å². The van der Waals surface area contributed by atoms with Gasteiger partial charge < -0.3 is 19.8 Å². The van der Waals surface area contributed by atoms with Crippen LogP contribution in [-0.4, -0.2) is 25.0 Å². The molecule has 3 aromatic rings. The summed E-state index contributed by atoms with van der Waals surface area (Å²) in [5.41, 5.74) is 1.55. The molecule has 0 fully saturated rings. The summed E-state index contributed by atoms with van der Waals surface area (Å²) in [5, 5.41) is 5.57. The van der Waals surface area contributed by atoms with Crippen molar-refractivity contribution in [1.82, 2.24) is 5.32 Å². The molecule has 0 radical (unpaired) electrons. The number of ether oxygens (including phenoxy) is 1. The number of carbonyl (C=O) groups excluding carboxylic acids is 2. The van der Waals surface area contributed by atoms with Crippen LogP contribution in [0, 0.1) is 0 Å². The number of rotatable bonds is 7. The fourth-order valence-electron chi connectivity index (χ4n) is 2.60. The molecule has 2 aromatic carbocycles. The predicted molar refractivity (Wildman–Crippen MR) is 102 cm³/mol. The fourth-order valence-corrected chi connectivity index (χ4v) is 2.60. The van der Waals surface area contributed by atoms with Crippen LogP contribution in [0.2, 0.25) is 0 Å². The van der Waals surface area contributed by atoms with E-state index in [9.17, 15) is 9.59 Å². The van der Waals surface area contributed by atoms with Gasteiger partial charge in [-0.1, -0.05) is 30.3 Å². The van der Waals surface area contributed by atoms with Crippen molar-refractivity contribution >= 4 is 17.5 Å². The van der Waals surface area contributed by atoms with Crippen molar-refractivity contribution in [2.75, 3.05) is 12.4 Å². The third-order valence-electron chi connectivity index (χ3n) is 4.01. The van der Waals surface area contributed by atoms with Gasteiger partial charge in [0.15, 0.2) is 5.76 Å². The standard InChI is InChI=1S/C21H20N2O4/c1-26-17-11-9-16(10-12-17)22-20(24)18(14-15-6-3-2-4-7-15)23-21(25)19-8-5-13-27-19/h2-13,18H,14H2,1H3,(H,22,24)(H,23,25)/t18-/m1/s1. The molecular formula is C21H20N2O4. The Kier molecular flexibility index (Phi) is 5.89. The fraction of sp³-hybridized carbons (Fsp3) is 0.143. The summed E-state index contributed by atoms with van der Waals surface area (Å²) in [6, 6.07) is 18.9. The van der Waals surface area contributed by atoms with Crippen LogP contribution in [0.25, 0.3) is 0 Å². The Bertz CT molecular complexity index is 874. The lowest BCUT2D eigenvalue weighted by atomic mass is 10.0. The molecule has 6 nitrogen and oxygen atoms in total. The second-order valence-corrected chi connectivity index (χ2v) is 5.91. The molecule has 3 rings (SSSR count). The first-order valence-electron chi connectivity index (χ1n) is 8.49. The molecule has 1 atom stereocenters. The van der Waals surface area contributed by atoms with Crippen molar-refractivity contribution in [2.24, 2.45) is 0 Å². The lowest BCUT2D eigenvalue weighted by Gasteiger charge is -2.18. The minimum Gasteiger partial charge on any atom is -0.497 e. The molecule has 1 aromatic heterocycles. The normalized spacial score (nSPS) is 11.4. The second kappa shape index (κ2) is 8.71. The molecule has 0 saturated carbocycles. The highest BCUT2D eigenvalue weighted by Crippen LogP contribution is 2.16. The number of hydrogen-bond donors (Lipinski definition) is 2. The van der Waals surface area contributed by atoms with Gasteiger partial charge in [-0.15, -0.1) is 0 Å². The lowest BCUT2D eigenvalue weighted by Crippen LogP contribution is -2.45. The molecule has 138 valence electrons. The van der Waals surface area contributed by atoms with E-state index in [1.165, 1.54) is 6.26 Å². The van der Waals surface area contributed by atoms with E-state index in [1.807, 2.05) is 30.3 Å². The summed E-state index contributed by atoms with van der Waals surface area (Å²) in [5.74, 6) is 0.0972. The molecule has 0 aliphatic rings. The Morgan fingerprint density at radius 1 is 1.00 bits per heavy atom. The Hall–Kier alpha value is -3.54. The van der Waals surface area contributed by atoms with E-state index >= 15 is 0 Å². The zero-order valence-electron chi connectivity index (χ0n) is 14.8. The highest BCUT2D eigenvalue weighted by Gasteiger charge is 2.23. The summed E-state index contributed by atoms with van der Waals surface area (Å²) in [4.78, 5) is 25.1. The number of furan rings is 1. The summed E-state index contributed by atoms with van der Waals surface area (Å²) in [7, 11) is 1.58. The zero-order valence-corrected chi connectivity index (χ0v) is 14.8. The average Bonchev–Trinajstić information content (AvgIpc) is 3.24. The van der Waals surface area contributed by atoms with E-state index in [2.05, 4.69) is 10.6 Å². The number of methoxy groups -OCH3 is 1. The SMILES string of the molecule is COc1ccc(NC(=O)[C@@H](Cc2ccccc2)NC(=O)c2ccco2)cc1. The van der Waals surface area contributed by atoms with Crippen LogP contribution >= 0.6 is 0 Å². The molecule has 6 heteroatoms. The van der Waals surface area contributed by atoms with Crippen molar-refractivity contribution in [3.05, 3.63) is 84.3 Å². The largest absolute Gasteiger partial charge is 0.497 e. The van der Waals surface area contributed by atoms with Crippen LogP contribution in [-0.2, 0) is 11.2 Å². The summed E-state index contributed by atoms with van der Waals surface area (Å²) >= 11 is 0. The Labute approximate surface area is 157 Å². The van der Waals surface area contributed by atoms with Crippen molar-refractivity contribution in [3.8, 4) is 5.75 Å². The molecule has 0 bridgehead atoms. The lowest BCUT2D eigenvalue weighted by molar-refractivity contribution is -0.118. The Morgan fingerprint density at radius 3 is 2.37 bits per heavy atom. The van der Waals surface area contributed by atoms with Gasteiger partial charge in [-0.2, -0.15) is 0 Å². The molecule has 0 aliphatic carbocycles. The molecular weight excluding hydrogens is 344 g/mol. The third-order valence-corrected chi connectivity index (χ3v) is 4.01. The minimum atomic E-state index is -0.757. The van der Waals surface area contributed by atoms with Crippen LogP contribution in [0.4, 0.5) is 5.69 Å². The third kappa shape index (κ3) is 4.98. The molecule has 27 heavy (non-hydrogen) atoms. The maximum atomic E-state index is 12.8.